The molecule has 1 unspecified atom stereocenters. The van der Waals surface area contributed by atoms with Crippen LogP contribution in [0.1, 0.15) is 18.4 Å². The molecule has 30 heavy (non-hydrogen) atoms. The number of aryl methyl sites for hydroxylation is 1. The molecule has 10 heteroatoms. The van der Waals surface area contributed by atoms with E-state index in [2.05, 4.69) is 30.4 Å². The zero-order valence-electron chi connectivity index (χ0n) is 17.4. The number of guanidine groups is 1. The van der Waals surface area contributed by atoms with Crippen molar-refractivity contribution in [1.29, 1.82) is 0 Å². The molecule has 3 rings (SSSR count). The summed E-state index contributed by atoms with van der Waals surface area (Å²) in [4.78, 5) is 6.56. The van der Waals surface area contributed by atoms with Crippen molar-refractivity contribution in [2.24, 2.45) is 12.0 Å². The third kappa shape index (κ3) is 5.74. The van der Waals surface area contributed by atoms with Gasteiger partial charge in [-0.2, -0.15) is 13.9 Å². The number of hydrogen-bond acceptors (Lipinski definition) is 5. The van der Waals surface area contributed by atoms with Crippen molar-refractivity contribution < 1.29 is 18.3 Å². The number of piperidine rings is 1. The van der Waals surface area contributed by atoms with Crippen LogP contribution in [0.5, 0.6) is 11.5 Å². The van der Waals surface area contributed by atoms with Crippen LogP contribution in [0.2, 0.25) is 0 Å². The van der Waals surface area contributed by atoms with Gasteiger partial charge >= 0.3 is 6.61 Å². The third-order valence-corrected chi connectivity index (χ3v) is 4.98. The Hall–Kier alpha value is -3.04. The minimum absolute atomic E-state index is 0.0766. The maximum absolute atomic E-state index is 12.8. The van der Waals surface area contributed by atoms with Gasteiger partial charge in [0.25, 0.3) is 0 Å². The molecule has 1 aliphatic heterocycles. The van der Waals surface area contributed by atoms with Crippen molar-refractivity contribution in [2.45, 2.75) is 32.0 Å². The van der Waals surface area contributed by atoms with Gasteiger partial charge in [-0.1, -0.05) is 0 Å². The third-order valence-electron chi connectivity index (χ3n) is 4.98. The Labute approximate surface area is 174 Å². The number of methoxy groups -OCH3 is 1. The zero-order chi connectivity index (χ0) is 21.5. The first-order valence-electron chi connectivity index (χ1n) is 9.81. The highest BCUT2D eigenvalue weighted by atomic mass is 19.3. The SMILES string of the molecule is CN=C(NCc1ccc(OC)cc1OC(F)F)NC1CCCN(c2cnn(C)c2)C1. The molecule has 2 N–H and O–H groups in total. The Morgan fingerprint density at radius 2 is 2.23 bits per heavy atom. The van der Waals surface area contributed by atoms with Crippen molar-refractivity contribution in [3.8, 4) is 11.5 Å². The number of aliphatic imine (C=N–C) groups is 1. The fourth-order valence-electron chi connectivity index (χ4n) is 3.48. The van der Waals surface area contributed by atoms with Crippen LogP contribution in [-0.2, 0) is 13.6 Å². The number of nitrogens with one attached hydrogen (secondary N) is 2. The van der Waals surface area contributed by atoms with E-state index >= 15 is 0 Å². The lowest BCUT2D eigenvalue weighted by atomic mass is 10.1. The number of rotatable bonds is 7. The Balaban J connectivity index is 1.59. The molecule has 2 heterocycles. The smallest absolute Gasteiger partial charge is 0.387 e. The van der Waals surface area contributed by atoms with Crippen LogP contribution in [0.4, 0.5) is 14.5 Å². The van der Waals surface area contributed by atoms with E-state index in [0.717, 1.165) is 31.6 Å². The molecular weight excluding hydrogens is 394 g/mol. The summed E-state index contributed by atoms with van der Waals surface area (Å²) in [6, 6.07) is 5.06. The Kier molecular flexibility index (Phi) is 7.31. The van der Waals surface area contributed by atoms with Crippen molar-refractivity contribution >= 4 is 11.6 Å². The summed E-state index contributed by atoms with van der Waals surface area (Å²) in [5.74, 6) is 1.13. The van der Waals surface area contributed by atoms with E-state index in [9.17, 15) is 8.78 Å². The topological polar surface area (TPSA) is 75.9 Å². The van der Waals surface area contributed by atoms with Gasteiger partial charge in [-0.3, -0.25) is 9.67 Å². The monoisotopic (exact) mass is 422 g/mol. The molecule has 0 saturated carbocycles. The molecule has 0 aliphatic carbocycles. The van der Waals surface area contributed by atoms with Gasteiger partial charge in [-0.15, -0.1) is 0 Å². The fraction of sp³-hybridized carbons (Fsp3) is 0.500. The standard InChI is InChI=1S/C20H28F2N6O2/c1-23-20(24-10-14-6-7-17(29-3)9-18(14)30-19(21)22)26-15-5-4-8-28(12-15)16-11-25-27(2)13-16/h6-7,9,11,13,15,19H,4-5,8,10,12H2,1-3H3,(H2,23,24,26). The zero-order valence-corrected chi connectivity index (χ0v) is 17.4. The van der Waals surface area contributed by atoms with E-state index in [4.69, 9.17) is 4.74 Å². The molecule has 0 spiro atoms. The minimum atomic E-state index is -2.91. The highest BCUT2D eigenvalue weighted by molar-refractivity contribution is 5.80. The van der Waals surface area contributed by atoms with Gasteiger partial charge in [-0.25, -0.2) is 0 Å². The lowest BCUT2D eigenvalue weighted by Gasteiger charge is -2.34. The van der Waals surface area contributed by atoms with E-state index < -0.39 is 6.61 Å². The number of aromatic nitrogens is 2. The average Bonchev–Trinajstić information content (AvgIpc) is 3.18. The number of nitrogens with zero attached hydrogens (tertiary/aromatic N) is 4. The summed E-state index contributed by atoms with van der Waals surface area (Å²) in [7, 11) is 5.06. The Morgan fingerprint density at radius 3 is 2.90 bits per heavy atom. The quantitative estimate of drug-likeness (QED) is 0.527. The number of benzene rings is 1. The number of halogens is 2. The van der Waals surface area contributed by atoms with Gasteiger partial charge in [0.05, 0.1) is 19.0 Å². The largest absolute Gasteiger partial charge is 0.497 e. The summed E-state index contributed by atoms with van der Waals surface area (Å²) >= 11 is 0. The molecule has 0 radical (unpaired) electrons. The van der Waals surface area contributed by atoms with E-state index in [0.29, 0.717) is 17.3 Å². The van der Waals surface area contributed by atoms with Crippen molar-refractivity contribution in [3.05, 3.63) is 36.2 Å². The first-order chi connectivity index (χ1) is 14.5. The van der Waals surface area contributed by atoms with Crippen molar-refractivity contribution in [3.63, 3.8) is 0 Å². The Morgan fingerprint density at radius 1 is 1.40 bits per heavy atom. The first kappa shape index (κ1) is 21.7. The van der Waals surface area contributed by atoms with Gasteiger partial charge in [-0.05, 0) is 25.0 Å². The van der Waals surface area contributed by atoms with E-state index in [1.54, 1.807) is 23.9 Å². The number of hydrogen-bond donors (Lipinski definition) is 2. The van der Waals surface area contributed by atoms with Gasteiger partial charge < -0.3 is 25.0 Å². The molecule has 2 aromatic rings. The van der Waals surface area contributed by atoms with Crippen molar-refractivity contribution in [1.82, 2.24) is 20.4 Å². The molecule has 1 atom stereocenters. The second-order valence-electron chi connectivity index (χ2n) is 7.08. The normalized spacial score (nSPS) is 17.2. The predicted octanol–water partition coefficient (Wildman–Crippen LogP) is 2.36. The molecular formula is C20H28F2N6O2. The second-order valence-corrected chi connectivity index (χ2v) is 7.08. The van der Waals surface area contributed by atoms with Gasteiger partial charge in [0, 0.05) is 57.6 Å². The number of anilines is 1. The molecule has 1 aromatic heterocycles. The molecule has 1 saturated heterocycles. The van der Waals surface area contributed by atoms with Crippen LogP contribution >= 0.6 is 0 Å². The van der Waals surface area contributed by atoms with E-state index in [-0.39, 0.29) is 18.3 Å². The van der Waals surface area contributed by atoms with Gasteiger partial charge in [0.2, 0.25) is 0 Å². The summed E-state index contributed by atoms with van der Waals surface area (Å²) in [5, 5.41) is 10.8. The summed E-state index contributed by atoms with van der Waals surface area (Å²) < 4.78 is 37.0. The second kappa shape index (κ2) is 10.1. The molecule has 8 nitrogen and oxygen atoms in total. The molecule has 164 valence electrons. The van der Waals surface area contributed by atoms with Crippen LogP contribution in [0, 0.1) is 0 Å². The molecule has 1 aromatic carbocycles. The van der Waals surface area contributed by atoms with Gasteiger partial charge in [0.15, 0.2) is 5.96 Å². The lowest BCUT2D eigenvalue weighted by Crippen LogP contribution is -2.51. The average molecular weight is 422 g/mol. The van der Waals surface area contributed by atoms with Crippen LogP contribution in [0.15, 0.2) is 35.6 Å². The molecule has 0 amide bonds. The maximum atomic E-state index is 12.8. The minimum Gasteiger partial charge on any atom is -0.497 e. The van der Waals surface area contributed by atoms with Gasteiger partial charge in [0.1, 0.15) is 11.5 Å². The van der Waals surface area contributed by atoms with Crippen molar-refractivity contribution in [2.75, 3.05) is 32.1 Å². The molecule has 1 aliphatic rings. The van der Waals surface area contributed by atoms with E-state index in [1.165, 1.54) is 13.2 Å². The van der Waals surface area contributed by atoms with E-state index in [1.807, 2.05) is 19.4 Å². The summed E-state index contributed by atoms with van der Waals surface area (Å²) in [6.45, 7) is -0.816. The highest BCUT2D eigenvalue weighted by Crippen LogP contribution is 2.26. The first-order valence-corrected chi connectivity index (χ1v) is 9.81. The van der Waals surface area contributed by atoms with Crippen LogP contribution in [0.25, 0.3) is 0 Å². The number of alkyl halides is 2. The fourth-order valence-corrected chi connectivity index (χ4v) is 3.48. The maximum Gasteiger partial charge on any atom is 0.387 e. The molecule has 1 fully saturated rings. The predicted molar refractivity (Wildman–Crippen MR) is 111 cm³/mol. The Bertz CT molecular complexity index is 858. The number of ether oxygens (including phenoxy) is 2. The van der Waals surface area contributed by atoms with Crippen LogP contribution in [0.3, 0.4) is 0 Å². The summed E-state index contributed by atoms with van der Waals surface area (Å²) in [5.41, 5.74) is 1.68. The highest BCUT2D eigenvalue weighted by Gasteiger charge is 2.22. The summed E-state index contributed by atoms with van der Waals surface area (Å²) in [6.07, 6.45) is 5.93. The van der Waals surface area contributed by atoms with Crippen LogP contribution < -0.4 is 25.0 Å². The lowest BCUT2D eigenvalue weighted by molar-refractivity contribution is -0.0505. The molecule has 0 bridgehead atoms. The van der Waals surface area contributed by atoms with Crippen LogP contribution in [-0.4, -0.2) is 55.6 Å².